The van der Waals surface area contributed by atoms with Gasteiger partial charge in [0.1, 0.15) is 5.75 Å². The number of amides is 1. The van der Waals surface area contributed by atoms with Crippen LogP contribution in [0.3, 0.4) is 0 Å². The van der Waals surface area contributed by atoms with E-state index in [9.17, 15) is 9.90 Å². The largest absolute Gasteiger partial charge is 0.507 e. The lowest BCUT2D eigenvalue weighted by molar-refractivity contribution is -0.121. The molecule has 0 aliphatic rings. The van der Waals surface area contributed by atoms with Gasteiger partial charge in [-0.05, 0) is 24.5 Å². The van der Waals surface area contributed by atoms with Crippen LogP contribution in [-0.2, 0) is 4.79 Å². The number of rotatable bonds is 5. The SMILES string of the molecule is CCC(C)C(CC)C(=O)Nc1cccc2c(O)cccc12. The monoisotopic (exact) mass is 285 g/mol. The third kappa shape index (κ3) is 3.18. The number of hydrogen-bond acceptors (Lipinski definition) is 2. The van der Waals surface area contributed by atoms with Crippen LogP contribution in [0.5, 0.6) is 5.75 Å². The molecule has 2 aromatic rings. The average Bonchev–Trinajstić information content (AvgIpc) is 2.49. The highest BCUT2D eigenvalue weighted by Gasteiger charge is 2.22. The molecule has 1 amide bonds. The fourth-order valence-corrected chi connectivity index (χ4v) is 2.76. The molecule has 21 heavy (non-hydrogen) atoms. The summed E-state index contributed by atoms with van der Waals surface area (Å²) in [5, 5.41) is 14.5. The molecule has 3 nitrogen and oxygen atoms in total. The van der Waals surface area contributed by atoms with Gasteiger partial charge in [0.05, 0.1) is 0 Å². The van der Waals surface area contributed by atoms with Crippen LogP contribution in [0.15, 0.2) is 36.4 Å². The minimum Gasteiger partial charge on any atom is -0.507 e. The summed E-state index contributed by atoms with van der Waals surface area (Å²) >= 11 is 0. The zero-order valence-electron chi connectivity index (χ0n) is 12.9. The topological polar surface area (TPSA) is 49.3 Å². The fourth-order valence-electron chi connectivity index (χ4n) is 2.76. The third-order valence-electron chi connectivity index (χ3n) is 4.26. The van der Waals surface area contributed by atoms with E-state index >= 15 is 0 Å². The number of benzene rings is 2. The van der Waals surface area contributed by atoms with Gasteiger partial charge in [0.25, 0.3) is 0 Å². The number of carbonyl (C=O) groups excluding carboxylic acids is 1. The van der Waals surface area contributed by atoms with Crippen LogP contribution in [0.4, 0.5) is 5.69 Å². The smallest absolute Gasteiger partial charge is 0.227 e. The van der Waals surface area contributed by atoms with Gasteiger partial charge in [-0.15, -0.1) is 0 Å². The van der Waals surface area contributed by atoms with Gasteiger partial charge in [-0.2, -0.15) is 0 Å². The van der Waals surface area contributed by atoms with Gasteiger partial charge in [0, 0.05) is 22.4 Å². The van der Waals surface area contributed by atoms with Crippen molar-refractivity contribution in [3.63, 3.8) is 0 Å². The summed E-state index contributed by atoms with van der Waals surface area (Å²) in [4.78, 5) is 12.5. The molecule has 0 fully saturated rings. The van der Waals surface area contributed by atoms with Crippen molar-refractivity contribution in [3.05, 3.63) is 36.4 Å². The number of hydrogen-bond donors (Lipinski definition) is 2. The second-order valence-corrected chi connectivity index (χ2v) is 5.57. The Morgan fingerprint density at radius 1 is 1.10 bits per heavy atom. The van der Waals surface area contributed by atoms with Crippen LogP contribution in [-0.4, -0.2) is 11.0 Å². The number of phenols is 1. The molecule has 2 rings (SSSR count). The number of aromatic hydroxyl groups is 1. The predicted molar refractivity (Wildman–Crippen MR) is 87.5 cm³/mol. The first kappa shape index (κ1) is 15.4. The minimum absolute atomic E-state index is 0.0163. The Morgan fingerprint density at radius 3 is 2.43 bits per heavy atom. The van der Waals surface area contributed by atoms with Gasteiger partial charge in [-0.3, -0.25) is 4.79 Å². The zero-order valence-corrected chi connectivity index (χ0v) is 12.9. The van der Waals surface area contributed by atoms with Crippen molar-refractivity contribution in [1.82, 2.24) is 0 Å². The van der Waals surface area contributed by atoms with Crippen molar-refractivity contribution in [3.8, 4) is 5.75 Å². The molecule has 112 valence electrons. The van der Waals surface area contributed by atoms with Crippen molar-refractivity contribution in [2.24, 2.45) is 11.8 Å². The molecule has 0 heterocycles. The molecule has 3 heteroatoms. The number of fused-ring (bicyclic) bond motifs is 1. The standard InChI is InChI=1S/C18H23NO2/c1-4-12(3)13(5-2)18(21)19-16-10-6-9-15-14(16)8-7-11-17(15)20/h6-13,20H,4-5H2,1-3H3,(H,19,21). The average molecular weight is 285 g/mol. The number of nitrogens with one attached hydrogen (secondary N) is 1. The lowest BCUT2D eigenvalue weighted by Crippen LogP contribution is -2.27. The molecule has 0 aromatic heterocycles. The van der Waals surface area contributed by atoms with Crippen LogP contribution in [0.1, 0.15) is 33.6 Å². The number of carbonyl (C=O) groups is 1. The molecule has 0 spiro atoms. The maximum atomic E-state index is 12.5. The first-order valence-corrected chi connectivity index (χ1v) is 7.60. The summed E-state index contributed by atoms with van der Waals surface area (Å²) in [5.74, 6) is 0.668. The van der Waals surface area contributed by atoms with Crippen molar-refractivity contribution in [2.75, 3.05) is 5.32 Å². The molecule has 0 saturated carbocycles. The maximum Gasteiger partial charge on any atom is 0.227 e. The Balaban J connectivity index is 2.31. The molecule has 2 aromatic carbocycles. The highest BCUT2D eigenvalue weighted by atomic mass is 16.3. The van der Waals surface area contributed by atoms with Gasteiger partial charge < -0.3 is 10.4 Å². The van der Waals surface area contributed by atoms with Crippen LogP contribution >= 0.6 is 0 Å². The quantitative estimate of drug-likeness (QED) is 0.846. The second kappa shape index (κ2) is 6.61. The molecule has 2 unspecified atom stereocenters. The van der Waals surface area contributed by atoms with Crippen molar-refractivity contribution >= 4 is 22.4 Å². The normalized spacial score (nSPS) is 13.9. The first-order chi connectivity index (χ1) is 10.1. The molecular formula is C18H23NO2. The van der Waals surface area contributed by atoms with E-state index in [1.54, 1.807) is 12.1 Å². The lowest BCUT2D eigenvalue weighted by atomic mass is 9.88. The van der Waals surface area contributed by atoms with E-state index in [0.29, 0.717) is 5.92 Å². The minimum atomic E-state index is 0.0163. The van der Waals surface area contributed by atoms with E-state index in [-0.39, 0.29) is 17.6 Å². The Kier molecular flexibility index (Phi) is 4.84. The predicted octanol–water partition coefficient (Wildman–Crippen LogP) is 4.56. The van der Waals surface area contributed by atoms with Gasteiger partial charge >= 0.3 is 0 Å². The zero-order chi connectivity index (χ0) is 15.4. The summed E-state index contributed by atoms with van der Waals surface area (Å²) < 4.78 is 0. The Labute approximate surface area is 126 Å². The summed E-state index contributed by atoms with van der Waals surface area (Å²) in [5.41, 5.74) is 0.759. The van der Waals surface area contributed by atoms with Crippen LogP contribution in [0.2, 0.25) is 0 Å². The third-order valence-corrected chi connectivity index (χ3v) is 4.26. The van der Waals surface area contributed by atoms with E-state index in [2.05, 4.69) is 19.2 Å². The Morgan fingerprint density at radius 2 is 1.76 bits per heavy atom. The van der Waals surface area contributed by atoms with E-state index in [1.165, 1.54) is 0 Å². The molecule has 0 aliphatic carbocycles. The molecule has 0 aliphatic heterocycles. The van der Waals surface area contributed by atoms with Crippen LogP contribution in [0.25, 0.3) is 10.8 Å². The van der Waals surface area contributed by atoms with Crippen molar-refractivity contribution in [1.29, 1.82) is 0 Å². The van der Waals surface area contributed by atoms with Crippen molar-refractivity contribution < 1.29 is 9.90 Å². The molecule has 0 saturated heterocycles. The summed E-state index contributed by atoms with van der Waals surface area (Å²) in [6, 6.07) is 10.9. The van der Waals surface area contributed by atoms with Crippen LogP contribution in [0, 0.1) is 11.8 Å². The lowest BCUT2D eigenvalue weighted by Gasteiger charge is -2.21. The van der Waals surface area contributed by atoms with Crippen LogP contribution < -0.4 is 5.32 Å². The molecular weight excluding hydrogens is 262 g/mol. The summed E-state index contributed by atoms with van der Waals surface area (Å²) in [7, 11) is 0. The van der Waals surface area contributed by atoms with Gasteiger partial charge in [-0.25, -0.2) is 0 Å². The Hall–Kier alpha value is -2.03. The summed E-state index contributed by atoms with van der Waals surface area (Å²) in [6.07, 6.45) is 1.82. The molecule has 0 bridgehead atoms. The second-order valence-electron chi connectivity index (χ2n) is 5.57. The van der Waals surface area contributed by atoms with Crippen molar-refractivity contribution in [2.45, 2.75) is 33.6 Å². The Bertz CT molecular complexity index is 636. The first-order valence-electron chi connectivity index (χ1n) is 7.60. The van der Waals surface area contributed by atoms with E-state index < -0.39 is 0 Å². The fraction of sp³-hybridized carbons (Fsp3) is 0.389. The molecule has 2 N–H and O–H groups in total. The van der Waals surface area contributed by atoms with E-state index in [0.717, 1.165) is 29.3 Å². The number of phenolic OH excluding ortho intramolecular Hbond substituents is 1. The highest BCUT2D eigenvalue weighted by Crippen LogP contribution is 2.30. The van der Waals surface area contributed by atoms with Gasteiger partial charge in [0.15, 0.2) is 0 Å². The molecule has 2 atom stereocenters. The summed E-state index contributed by atoms with van der Waals surface area (Å²) in [6.45, 7) is 6.27. The number of anilines is 1. The van der Waals surface area contributed by atoms with E-state index in [4.69, 9.17) is 0 Å². The molecule has 0 radical (unpaired) electrons. The van der Waals surface area contributed by atoms with Gasteiger partial charge in [0.2, 0.25) is 5.91 Å². The van der Waals surface area contributed by atoms with Gasteiger partial charge in [-0.1, -0.05) is 51.5 Å². The maximum absolute atomic E-state index is 12.5. The highest BCUT2D eigenvalue weighted by molar-refractivity contribution is 6.04. The van der Waals surface area contributed by atoms with E-state index in [1.807, 2.05) is 31.2 Å².